The van der Waals surface area contributed by atoms with Gasteiger partial charge in [0, 0.05) is 23.3 Å². The molecule has 0 spiro atoms. The van der Waals surface area contributed by atoms with Crippen LogP contribution in [0.3, 0.4) is 0 Å². The molecule has 3 nitrogen and oxygen atoms in total. The monoisotopic (exact) mass is 344 g/mol. The molecule has 2 heterocycles. The van der Waals surface area contributed by atoms with Crippen LogP contribution in [0, 0.1) is 0 Å². The number of rotatable bonds is 5. The minimum atomic E-state index is 0.101. The van der Waals surface area contributed by atoms with Gasteiger partial charge in [-0.2, -0.15) is 0 Å². The molecule has 0 radical (unpaired) electrons. The number of pyridine rings is 1. The summed E-state index contributed by atoms with van der Waals surface area (Å²) in [6.45, 7) is 3.12. The topological polar surface area (TPSA) is 38.1 Å². The highest BCUT2D eigenvalue weighted by Crippen LogP contribution is 2.33. The molecule has 3 rings (SSSR count). The molecule has 1 atom stereocenters. The van der Waals surface area contributed by atoms with E-state index >= 15 is 0 Å². The standard InChI is InChI=1S/C17H17BrN2O/c1-2-8-20-16(15-7-10-21-17(15)18)14-5-3-4-12-11-19-9-6-13(12)14/h3-7,9-11,16,20H,2,8H2,1H3. The normalized spacial score (nSPS) is 12.7. The van der Waals surface area contributed by atoms with E-state index in [2.05, 4.69) is 57.4 Å². The summed E-state index contributed by atoms with van der Waals surface area (Å²) in [6, 6.07) is 10.5. The Hall–Kier alpha value is -1.65. The molecular formula is C17H17BrN2O. The van der Waals surface area contributed by atoms with E-state index in [0.29, 0.717) is 0 Å². The second kappa shape index (κ2) is 6.41. The Morgan fingerprint density at radius 1 is 1.24 bits per heavy atom. The SMILES string of the molecule is CCCNC(c1ccoc1Br)c1cccc2cnccc12. The molecule has 4 heteroatoms. The van der Waals surface area contributed by atoms with Crippen LogP contribution in [-0.4, -0.2) is 11.5 Å². The van der Waals surface area contributed by atoms with Crippen molar-refractivity contribution in [1.29, 1.82) is 0 Å². The van der Waals surface area contributed by atoms with Gasteiger partial charge in [0.1, 0.15) is 0 Å². The largest absolute Gasteiger partial charge is 0.457 e. The van der Waals surface area contributed by atoms with Crippen LogP contribution in [0.2, 0.25) is 0 Å². The van der Waals surface area contributed by atoms with E-state index in [0.717, 1.165) is 28.6 Å². The van der Waals surface area contributed by atoms with Gasteiger partial charge in [-0.15, -0.1) is 0 Å². The zero-order valence-electron chi connectivity index (χ0n) is 11.8. The Morgan fingerprint density at radius 3 is 2.90 bits per heavy atom. The molecule has 0 saturated heterocycles. The summed E-state index contributed by atoms with van der Waals surface area (Å²) >= 11 is 3.50. The fraction of sp³-hybridized carbons (Fsp3) is 0.235. The maximum Gasteiger partial charge on any atom is 0.174 e. The minimum absolute atomic E-state index is 0.101. The van der Waals surface area contributed by atoms with Gasteiger partial charge in [0.15, 0.2) is 4.67 Å². The van der Waals surface area contributed by atoms with E-state index in [1.807, 2.05) is 18.5 Å². The highest BCUT2D eigenvalue weighted by molar-refractivity contribution is 9.10. The number of benzene rings is 1. The number of hydrogen-bond donors (Lipinski definition) is 1. The molecule has 0 saturated carbocycles. The van der Waals surface area contributed by atoms with E-state index in [1.54, 1.807) is 6.26 Å². The first kappa shape index (κ1) is 14.3. The van der Waals surface area contributed by atoms with Crippen molar-refractivity contribution in [3.63, 3.8) is 0 Å². The van der Waals surface area contributed by atoms with Gasteiger partial charge in [-0.25, -0.2) is 0 Å². The number of fused-ring (bicyclic) bond motifs is 1. The number of hydrogen-bond acceptors (Lipinski definition) is 3. The molecule has 0 fully saturated rings. The number of halogens is 1. The Labute approximate surface area is 132 Å². The van der Waals surface area contributed by atoms with Crippen molar-refractivity contribution in [3.05, 3.63) is 64.8 Å². The van der Waals surface area contributed by atoms with E-state index in [1.165, 1.54) is 10.9 Å². The molecule has 2 aromatic heterocycles. The lowest BCUT2D eigenvalue weighted by Gasteiger charge is -2.20. The Balaban J connectivity index is 2.12. The highest BCUT2D eigenvalue weighted by Gasteiger charge is 2.20. The molecule has 1 N–H and O–H groups in total. The Bertz CT molecular complexity index is 733. The van der Waals surface area contributed by atoms with Crippen molar-refractivity contribution in [1.82, 2.24) is 10.3 Å². The quantitative estimate of drug-likeness (QED) is 0.730. The van der Waals surface area contributed by atoms with Gasteiger partial charge in [-0.1, -0.05) is 25.1 Å². The smallest absolute Gasteiger partial charge is 0.174 e. The predicted molar refractivity (Wildman–Crippen MR) is 88.3 cm³/mol. The lowest BCUT2D eigenvalue weighted by molar-refractivity contribution is 0.524. The van der Waals surface area contributed by atoms with Crippen LogP contribution in [-0.2, 0) is 0 Å². The van der Waals surface area contributed by atoms with Crippen molar-refractivity contribution in [2.45, 2.75) is 19.4 Å². The first-order chi connectivity index (χ1) is 10.3. The van der Waals surface area contributed by atoms with E-state index in [9.17, 15) is 0 Å². The van der Waals surface area contributed by atoms with Gasteiger partial charge in [0.05, 0.1) is 12.3 Å². The average Bonchev–Trinajstić information content (AvgIpc) is 2.94. The van der Waals surface area contributed by atoms with Crippen LogP contribution in [0.15, 0.2) is 58.1 Å². The molecule has 108 valence electrons. The van der Waals surface area contributed by atoms with E-state index in [-0.39, 0.29) is 6.04 Å². The third kappa shape index (κ3) is 2.87. The maximum atomic E-state index is 5.42. The van der Waals surface area contributed by atoms with Crippen molar-refractivity contribution >= 4 is 26.7 Å². The highest BCUT2D eigenvalue weighted by atomic mass is 79.9. The van der Waals surface area contributed by atoms with Crippen LogP contribution in [0.25, 0.3) is 10.8 Å². The molecule has 0 aliphatic rings. The first-order valence-electron chi connectivity index (χ1n) is 7.10. The van der Waals surface area contributed by atoms with Crippen molar-refractivity contribution < 1.29 is 4.42 Å². The fourth-order valence-electron chi connectivity index (χ4n) is 2.59. The van der Waals surface area contributed by atoms with Crippen molar-refractivity contribution in [2.75, 3.05) is 6.54 Å². The van der Waals surface area contributed by atoms with Crippen LogP contribution < -0.4 is 5.32 Å². The van der Waals surface area contributed by atoms with Gasteiger partial charge in [0.25, 0.3) is 0 Å². The van der Waals surface area contributed by atoms with Crippen LogP contribution in [0.4, 0.5) is 0 Å². The van der Waals surface area contributed by atoms with Gasteiger partial charge in [-0.3, -0.25) is 4.98 Å². The summed E-state index contributed by atoms with van der Waals surface area (Å²) in [6.07, 6.45) is 6.54. The van der Waals surface area contributed by atoms with Crippen molar-refractivity contribution in [2.24, 2.45) is 0 Å². The lowest BCUT2D eigenvalue weighted by atomic mass is 9.96. The molecule has 0 bridgehead atoms. The maximum absolute atomic E-state index is 5.42. The third-order valence-electron chi connectivity index (χ3n) is 3.58. The summed E-state index contributed by atoms with van der Waals surface area (Å²) in [7, 11) is 0. The van der Waals surface area contributed by atoms with Crippen molar-refractivity contribution in [3.8, 4) is 0 Å². The molecule has 3 aromatic rings. The van der Waals surface area contributed by atoms with E-state index < -0.39 is 0 Å². The Morgan fingerprint density at radius 2 is 2.14 bits per heavy atom. The number of aromatic nitrogens is 1. The zero-order valence-corrected chi connectivity index (χ0v) is 13.4. The summed E-state index contributed by atoms with van der Waals surface area (Å²) in [5.74, 6) is 0. The lowest BCUT2D eigenvalue weighted by Crippen LogP contribution is -2.23. The van der Waals surface area contributed by atoms with Crippen LogP contribution in [0.1, 0.15) is 30.5 Å². The first-order valence-corrected chi connectivity index (χ1v) is 7.89. The molecule has 1 unspecified atom stereocenters. The van der Waals surface area contributed by atoms with Crippen LogP contribution in [0.5, 0.6) is 0 Å². The molecule has 0 aliphatic heterocycles. The summed E-state index contributed by atoms with van der Waals surface area (Å²) in [4.78, 5) is 4.21. The molecule has 1 aromatic carbocycles. The van der Waals surface area contributed by atoms with Gasteiger partial charge in [-0.05, 0) is 52.0 Å². The van der Waals surface area contributed by atoms with Gasteiger partial charge in [0.2, 0.25) is 0 Å². The molecular weight excluding hydrogens is 328 g/mol. The summed E-state index contributed by atoms with van der Waals surface area (Å²) < 4.78 is 6.20. The van der Waals surface area contributed by atoms with Gasteiger partial charge < -0.3 is 9.73 Å². The summed E-state index contributed by atoms with van der Waals surface area (Å²) in [5.41, 5.74) is 2.36. The fourth-order valence-corrected chi connectivity index (χ4v) is 3.05. The van der Waals surface area contributed by atoms with Gasteiger partial charge >= 0.3 is 0 Å². The average molecular weight is 345 g/mol. The molecule has 0 amide bonds. The molecule has 0 aliphatic carbocycles. The number of furan rings is 1. The number of nitrogens with zero attached hydrogens (tertiary/aromatic N) is 1. The predicted octanol–water partition coefficient (Wildman–Crippen LogP) is 4.68. The second-order valence-corrected chi connectivity index (χ2v) is 5.70. The Kier molecular flexibility index (Phi) is 4.36. The minimum Gasteiger partial charge on any atom is -0.457 e. The van der Waals surface area contributed by atoms with Crippen LogP contribution >= 0.6 is 15.9 Å². The molecule has 21 heavy (non-hydrogen) atoms. The zero-order chi connectivity index (χ0) is 14.7. The number of nitrogens with one attached hydrogen (secondary N) is 1. The third-order valence-corrected chi connectivity index (χ3v) is 4.23. The van der Waals surface area contributed by atoms with E-state index in [4.69, 9.17) is 4.42 Å². The summed E-state index contributed by atoms with van der Waals surface area (Å²) in [5, 5.41) is 5.98. The second-order valence-electron chi connectivity index (χ2n) is 4.98.